The summed E-state index contributed by atoms with van der Waals surface area (Å²) in [6.45, 7) is 4.10. The minimum atomic E-state index is -0.424. The number of halogens is 1. The molecule has 0 aromatic heterocycles. The zero-order valence-electron chi connectivity index (χ0n) is 10.8. The molecule has 0 aliphatic carbocycles. The predicted octanol–water partition coefficient (Wildman–Crippen LogP) is 2.81. The zero-order chi connectivity index (χ0) is 13.3. The van der Waals surface area contributed by atoms with E-state index in [4.69, 9.17) is 5.73 Å². The van der Waals surface area contributed by atoms with Gasteiger partial charge in [0.25, 0.3) is 5.91 Å². The molecule has 1 heterocycles. The summed E-state index contributed by atoms with van der Waals surface area (Å²) in [4.78, 5) is 14.3. The fourth-order valence-electron chi connectivity index (χ4n) is 2.69. The third-order valence-corrected chi connectivity index (χ3v) is 3.74. The third kappa shape index (κ3) is 2.19. The summed E-state index contributed by atoms with van der Waals surface area (Å²) in [5.74, 6) is -0.573. The van der Waals surface area contributed by atoms with Crippen molar-refractivity contribution in [3.63, 3.8) is 0 Å². The molecule has 1 aromatic rings. The van der Waals surface area contributed by atoms with Gasteiger partial charge in [0.05, 0.1) is 5.56 Å². The van der Waals surface area contributed by atoms with Gasteiger partial charge in [-0.15, -0.1) is 0 Å². The van der Waals surface area contributed by atoms with Gasteiger partial charge < -0.3 is 10.6 Å². The molecule has 0 radical (unpaired) electrons. The summed E-state index contributed by atoms with van der Waals surface area (Å²) in [6, 6.07) is 4.40. The minimum Gasteiger partial charge on any atom is -0.398 e. The minimum absolute atomic E-state index is 0.149. The quantitative estimate of drug-likeness (QED) is 0.820. The first-order valence-electron chi connectivity index (χ1n) is 6.42. The lowest BCUT2D eigenvalue weighted by Gasteiger charge is -2.28. The first kappa shape index (κ1) is 12.9. The highest BCUT2D eigenvalue weighted by molar-refractivity contribution is 5.99. The number of carbonyl (C=O) groups excluding carboxylic acids is 1. The van der Waals surface area contributed by atoms with Gasteiger partial charge in [-0.1, -0.05) is 6.92 Å². The van der Waals surface area contributed by atoms with Crippen molar-refractivity contribution in [3.8, 4) is 0 Å². The third-order valence-electron chi connectivity index (χ3n) is 3.74. The number of rotatable bonds is 2. The van der Waals surface area contributed by atoms with Gasteiger partial charge in [-0.3, -0.25) is 4.79 Å². The van der Waals surface area contributed by atoms with E-state index in [1.807, 2.05) is 11.8 Å². The van der Waals surface area contributed by atoms with Gasteiger partial charge in [0.1, 0.15) is 5.82 Å². The Morgan fingerprint density at radius 1 is 1.50 bits per heavy atom. The molecule has 0 spiro atoms. The SMILES string of the molecule is CCC1CCC(C)N1C(=O)c1cc(F)ccc1N. The van der Waals surface area contributed by atoms with Crippen molar-refractivity contribution < 1.29 is 9.18 Å². The van der Waals surface area contributed by atoms with Crippen LogP contribution in [0.15, 0.2) is 18.2 Å². The summed E-state index contributed by atoms with van der Waals surface area (Å²) < 4.78 is 13.2. The highest BCUT2D eigenvalue weighted by Gasteiger charge is 2.34. The molecule has 1 aromatic carbocycles. The van der Waals surface area contributed by atoms with E-state index >= 15 is 0 Å². The Morgan fingerprint density at radius 3 is 2.89 bits per heavy atom. The highest BCUT2D eigenvalue weighted by Crippen LogP contribution is 2.29. The van der Waals surface area contributed by atoms with Crippen molar-refractivity contribution in [1.82, 2.24) is 4.90 Å². The van der Waals surface area contributed by atoms with Crippen LogP contribution in [0.25, 0.3) is 0 Å². The van der Waals surface area contributed by atoms with Crippen molar-refractivity contribution in [2.24, 2.45) is 0 Å². The summed E-state index contributed by atoms with van der Waals surface area (Å²) in [6.07, 6.45) is 2.93. The van der Waals surface area contributed by atoms with Crippen LogP contribution in [0, 0.1) is 5.82 Å². The van der Waals surface area contributed by atoms with Gasteiger partial charge in [-0.2, -0.15) is 0 Å². The number of nitrogen functional groups attached to an aromatic ring is 1. The zero-order valence-corrected chi connectivity index (χ0v) is 10.8. The van der Waals surface area contributed by atoms with Crippen molar-refractivity contribution in [2.45, 2.75) is 45.2 Å². The average molecular weight is 250 g/mol. The maximum Gasteiger partial charge on any atom is 0.256 e. The Bertz CT molecular complexity index is 461. The van der Waals surface area contributed by atoms with Crippen molar-refractivity contribution in [2.75, 3.05) is 5.73 Å². The number of nitrogens with two attached hydrogens (primary N) is 1. The highest BCUT2D eigenvalue weighted by atomic mass is 19.1. The Kier molecular flexibility index (Phi) is 3.55. The number of amides is 1. The lowest BCUT2D eigenvalue weighted by molar-refractivity contribution is 0.0677. The van der Waals surface area contributed by atoms with E-state index in [0.29, 0.717) is 5.69 Å². The normalized spacial score (nSPS) is 23.4. The number of likely N-dealkylation sites (tertiary alicyclic amines) is 1. The number of nitrogens with zero attached hydrogens (tertiary/aromatic N) is 1. The number of benzene rings is 1. The lowest BCUT2D eigenvalue weighted by Crippen LogP contribution is -2.40. The van der Waals surface area contributed by atoms with Crippen molar-refractivity contribution in [3.05, 3.63) is 29.6 Å². The van der Waals surface area contributed by atoms with E-state index in [0.717, 1.165) is 19.3 Å². The molecule has 2 rings (SSSR count). The second kappa shape index (κ2) is 4.96. The van der Waals surface area contributed by atoms with Gasteiger partial charge >= 0.3 is 0 Å². The van der Waals surface area contributed by atoms with E-state index in [-0.39, 0.29) is 23.6 Å². The van der Waals surface area contributed by atoms with Crippen molar-refractivity contribution >= 4 is 11.6 Å². The van der Waals surface area contributed by atoms with Crippen LogP contribution < -0.4 is 5.73 Å². The van der Waals surface area contributed by atoms with Gasteiger partial charge in [-0.25, -0.2) is 4.39 Å². The molecule has 18 heavy (non-hydrogen) atoms. The van der Waals surface area contributed by atoms with Gasteiger partial charge in [-0.05, 0) is 44.4 Å². The first-order valence-corrected chi connectivity index (χ1v) is 6.42. The molecular formula is C14H19FN2O. The number of carbonyl (C=O) groups is 1. The lowest BCUT2D eigenvalue weighted by atomic mass is 10.1. The fraction of sp³-hybridized carbons (Fsp3) is 0.500. The van der Waals surface area contributed by atoms with Crippen LogP contribution in [0.1, 0.15) is 43.5 Å². The smallest absolute Gasteiger partial charge is 0.256 e. The standard InChI is InChI=1S/C14H19FN2O/c1-3-11-6-4-9(2)17(11)14(18)12-8-10(15)5-7-13(12)16/h5,7-9,11H,3-4,6,16H2,1-2H3. The van der Waals surface area contributed by atoms with Crippen LogP contribution in [0.5, 0.6) is 0 Å². The van der Waals surface area contributed by atoms with E-state index < -0.39 is 5.82 Å². The molecular weight excluding hydrogens is 231 g/mol. The number of anilines is 1. The molecule has 98 valence electrons. The first-order chi connectivity index (χ1) is 8.54. The fourth-order valence-corrected chi connectivity index (χ4v) is 2.69. The molecule has 1 saturated heterocycles. The molecule has 1 aliphatic rings. The monoisotopic (exact) mass is 250 g/mol. The Labute approximate surface area is 107 Å². The predicted molar refractivity (Wildman–Crippen MR) is 69.8 cm³/mol. The topological polar surface area (TPSA) is 46.3 Å². The molecule has 3 nitrogen and oxygen atoms in total. The second-order valence-electron chi connectivity index (χ2n) is 4.93. The van der Waals surface area contributed by atoms with Crippen LogP contribution in [0.3, 0.4) is 0 Å². The van der Waals surface area contributed by atoms with Crippen molar-refractivity contribution in [1.29, 1.82) is 0 Å². The Morgan fingerprint density at radius 2 is 2.22 bits per heavy atom. The van der Waals surface area contributed by atoms with E-state index in [9.17, 15) is 9.18 Å². The molecule has 2 unspecified atom stereocenters. The summed E-state index contributed by atoms with van der Waals surface area (Å²) in [7, 11) is 0. The Hall–Kier alpha value is -1.58. The molecule has 2 atom stereocenters. The number of hydrogen-bond acceptors (Lipinski definition) is 2. The van der Waals surface area contributed by atoms with Crippen LogP contribution >= 0.6 is 0 Å². The van der Waals surface area contributed by atoms with Crippen LogP contribution in [0.4, 0.5) is 10.1 Å². The van der Waals surface area contributed by atoms with E-state index in [1.54, 1.807) is 0 Å². The maximum absolute atomic E-state index is 13.2. The maximum atomic E-state index is 13.2. The molecule has 0 bridgehead atoms. The van der Waals surface area contributed by atoms with Gasteiger partial charge in [0.15, 0.2) is 0 Å². The summed E-state index contributed by atoms with van der Waals surface area (Å²) in [5, 5.41) is 0. The second-order valence-corrected chi connectivity index (χ2v) is 4.93. The molecule has 1 amide bonds. The largest absolute Gasteiger partial charge is 0.398 e. The molecule has 1 aliphatic heterocycles. The molecule has 2 N–H and O–H groups in total. The Balaban J connectivity index is 2.32. The van der Waals surface area contributed by atoms with Gasteiger partial charge in [0, 0.05) is 17.8 Å². The number of hydrogen-bond donors (Lipinski definition) is 1. The summed E-state index contributed by atoms with van der Waals surface area (Å²) in [5.41, 5.74) is 6.40. The molecule has 1 fully saturated rings. The average Bonchev–Trinajstić information content (AvgIpc) is 2.72. The molecule has 0 saturated carbocycles. The van der Waals surface area contributed by atoms with Gasteiger partial charge in [0.2, 0.25) is 0 Å². The van der Waals surface area contributed by atoms with Crippen LogP contribution in [-0.4, -0.2) is 22.9 Å². The summed E-state index contributed by atoms with van der Waals surface area (Å²) >= 11 is 0. The van der Waals surface area contributed by atoms with Crippen LogP contribution in [-0.2, 0) is 0 Å². The van der Waals surface area contributed by atoms with E-state index in [2.05, 4.69) is 6.92 Å². The van der Waals surface area contributed by atoms with Crippen LogP contribution in [0.2, 0.25) is 0 Å². The van der Waals surface area contributed by atoms with E-state index in [1.165, 1.54) is 18.2 Å². The molecule has 4 heteroatoms.